The van der Waals surface area contributed by atoms with Crippen LogP contribution >= 0.6 is 0 Å². The van der Waals surface area contributed by atoms with E-state index in [4.69, 9.17) is 14.2 Å². The van der Waals surface area contributed by atoms with Gasteiger partial charge in [0.2, 0.25) is 11.8 Å². The second-order valence-corrected chi connectivity index (χ2v) is 8.94. The van der Waals surface area contributed by atoms with Gasteiger partial charge in [0.05, 0.1) is 32.9 Å². The maximum Gasteiger partial charge on any atom is 0.326 e. The van der Waals surface area contributed by atoms with Crippen molar-refractivity contribution in [2.45, 2.75) is 63.6 Å². The van der Waals surface area contributed by atoms with Crippen LogP contribution in [0.3, 0.4) is 0 Å². The number of unbranched alkanes of at least 4 members (excludes halogenated alkanes) is 2. The van der Waals surface area contributed by atoms with E-state index in [1.165, 1.54) is 0 Å². The van der Waals surface area contributed by atoms with E-state index >= 15 is 4.39 Å². The zero-order valence-electron chi connectivity index (χ0n) is 21.3. The second-order valence-electron chi connectivity index (χ2n) is 8.94. The number of aliphatic carboxylic acids is 1. The van der Waals surface area contributed by atoms with Crippen LogP contribution in [0.15, 0.2) is 30.3 Å². The minimum Gasteiger partial charge on any atom is -0.494 e. The summed E-state index contributed by atoms with van der Waals surface area (Å²) in [5.74, 6) is -1.92. The third kappa shape index (κ3) is 11.2. The Labute approximate surface area is 216 Å². The molecule has 0 saturated carbocycles. The number of para-hydroxylation sites is 1. The minimum absolute atomic E-state index is 0.128. The van der Waals surface area contributed by atoms with Crippen molar-refractivity contribution in [1.82, 2.24) is 10.2 Å². The van der Waals surface area contributed by atoms with E-state index in [-0.39, 0.29) is 37.9 Å². The van der Waals surface area contributed by atoms with Gasteiger partial charge in [-0.2, -0.15) is 0 Å². The fourth-order valence-electron chi connectivity index (χ4n) is 3.97. The number of alkyl halides is 1. The molecule has 1 aromatic rings. The molecule has 0 radical (unpaired) electrons. The highest BCUT2D eigenvalue weighted by Crippen LogP contribution is 2.31. The van der Waals surface area contributed by atoms with Gasteiger partial charge < -0.3 is 29.5 Å². The first kappa shape index (κ1) is 30.0. The molecule has 206 valence electrons. The molecule has 37 heavy (non-hydrogen) atoms. The number of carbonyl (C=O) groups is 4. The Hall–Kier alpha value is -3.21. The Morgan fingerprint density at radius 1 is 1.08 bits per heavy atom. The van der Waals surface area contributed by atoms with Gasteiger partial charge in [-0.3, -0.25) is 14.4 Å². The molecule has 0 spiro atoms. The Kier molecular flexibility index (Phi) is 12.8. The van der Waals surface area contributed by atoms with Crippen LogP contribution in [0.1, 0.15) is 51.9 Å². The van der Waals surface area contributed by atoms with Crippen molar-refractivity contribution in [2.75, 3.05) is 39.5 Å². The molecule has 1 heterocycles. The lowest BCUT2D eigenvalue weighted by Crippen LogP contribution is -2.46. The molecule has 2 N–H and O–H groups in total. The van der Waals surface area contributed by atoms with Crippen LogP contribution in [0, 0.1) is 0 Å². The molecule has 2 rings (SSSR count). The standard InChI is InChI=1S/C26H37FN2O8/c1-2-36-24(32)13-7-4-8-14-35-19-26(27)16-21(25(33)34)29(18-26)23(31)17-28-22(30)12-9-15-37-20-10-5-3-6-11-20/h3,5-6,10-11,21H,2,4,7-9,12-19H2,1H3,(H,28,30)(H,33,34)/t21-,26?/m1/s1. The first-order chi connectivity index (χ1) is 17.7. The average molecular weight is 525 g/mol. The second kappa shape index (κ2) is 15.8. The summed E-state index contributed by atoms with van der Waals surface area (Å²) in [4.78, 5) is 48.5. The molecule has 11 heteroatoms. The number of carbonyl (C=O) groups excluding carboxylic acids is 3. The summed E-state index contributed by atoms with van der Waals surface area (Å²) in [7, 11) is 0. The van der Waals surface area contributed by atoms with Gasteiger partial charge in [0.25, 0.3) is 0 Å². The number of rotatable bonds is 17. The summed E-state index contributed by atoms with van der Waals surface area (Å²) in [6.45, 7) is 1.48. The number of hydrogen-bond donors (Lipinski definition) is 2. The zero-order chi connectivity index (χ0) is 27.1. The predicted octanol–water partition coefficient (Wildman–Crippen LogP) is 2.50. The summed E-state index contributed by atoms with van der Waals surface area (Å²) < 4.78 is 31.1. The molecule has 0 bridgehead atoms. The Balaban J connectivity index is 1.67. The molecular weight excluding hydrogens is 487 g/mol. The maximum absolute atomic E-state index is 15.3. The first-order valence-electron chi connectivity index (χ1n) is 12.6. The number of halogens is 1. The molecule has 2 atom stereocenters. The normalized spacial score (nSPS) is 18.9. The molecule has 10 nitrogen and oxygen atoms in total. The van der Waals surface area contributed by atoms with Gasteiger partial charge in [-0.05, 0) is 38.3 Å². The molecule has 0 aromatic heterocycles. The molecule has 0 aliphatic carbocycles. The van der Waals surface area contributed by atoms with Crippen molar-refractivity contribution < 1.29 is 42.9 Å². The monoisotopic (exact) mass is 524 g/mol. The molecule has 1 aliphatic heterocycles. The average Bonchev–Trinajstić information content (AvgIpc) is 3.23. The lowest BCUT2D eigenvalue weighted by atomic mass is 10.0. The van der Waals surface area contributed by atoms with E-state index in [1.54, 1.807) is 19.1 Å². The molecular formula is C26H37FN2O8. The lowest BCUT2D eigenvalue weighted by Gasteiger charge is -2.22. The van der Waals surface area contributed by atoms with Crippen molar-refractivity contribution in [2.24, 2.45) is 0 Å². The van der Waals surface area contributed by atoms with E-state index in [9.17, 15) is 24.3 Å². The molecule has 1 fully saturated rings. The van der Waals surface area contributed by atoms with E-state index in [0.717, 1.165) is 4.90 Å². The number of esters is 1. The summed E-state index contributed by atoms with van der Waals surface area (Å²) in [5, 5.41) is 12.0. The van der Waals surface area contributed by atoms with Crippen LogP contribution in [0.4, 0.5) is 4.39 Å². The van der Waals surface area contributed by atoms with Crippen LogP contribution in [0.25, 0.3) is 0 Å². The van der Waals surface area contributed by atoms with Gasteiger partial charge in [-0.25, -0.2) is 9.18 Å². The first-order valence-corrected chi connectivity index (χ1v) is 12.6. The quantitative estimate of drug-likeness (QED) is 0.235. The van der Waals surface area contributed by atoms with Crippen molar-refractivity contribution >= 4 is 23.8 Å². The van der Waals surface area contributed by atoms with Gasteiger partial charge in [0, 0.05) is 25.9 Å². The van der Waals surface area contributed by atoms with Crippen LogP contribution in [-0.2, 0) is 28.7 Å². The number of ether oxygens (including phenoxy) is 3. The third-order valence-electron chi connectivity index (χ3n) is 5.83. The van der Waals surface area contributed by atoms with Gasteiger partial charge >= 0.3 is 11.9 Å². The van der Waals surface area contributed by atoms with Crippen LogP contribution in [-0.4, -0.2) is 85.0 Å². The fourth-order valence-corrected chi connectivity index (χ4v) is 3.97. The Morgan fingerprint density at radius 2 is 1.84 bits per heavy atom. The molecule has 1 unspecified atom stereocenters. The lowest BCUT2D eigenvalue weighted by molar-refractivity contribution is -0.148. The van der Waals surface area contributed by atoms with E-state index in [0.29, 0.717) is 51.1 Å². The highest BCUT2D eigenvalue weighted by Gasteiger charge is 2.49. The molecule has 1 saturated heterocycles. The number of amides is 2. The van der Waals surface area contributed by atoms with Crippen molar-refractivity contribution in [3.8, 4) is 5.75 Å². The molecule has 2 amide bonds. The third-order valence-corrected chi connectivity index (χ3v) is 5.83. The van der Waals surface area contributed by atoms with Crippen LogP contribution in [0.2, 0.25) is 0 Å². The number of nitrogens with one attached hydrogen (secondary N) is 1. The highest BCUT2D eigenvalue weighted by atomic mass is 19.1. The SMILES string of the molecule is CCOC(=O)CCCCCOCC1(F)C[C@H](C(=O)O)N(C(=O)CNC(=O)CCCOc2ccccc2)C1. The number of benzene rings is 1. The van der Waals surface area contributed by atoms with Crippen molar-refractivity contribution in [3.05, 3.63) is 30.3 Å². The van der Waals surface area contributed by atoms with Gasteiger partial charge in [-0.15, -0.1) is 0 Å². The summed E-state index contributed by atoms with van der Waals surface area (Å²) in [5.41, 5.74) is -2.00. The topological polar surface area (TPSA) is 131 Å². The number of likely N-dealkylation sites (tertiary alicyclic amines) is 1. The van der Waals surface area contributed by atoms with Crippen LogP contribution in [0.5, 0.6) is 5.75 Å². The Morgan fingerprint density at radius 3 is 2.54 bits per heavy atom. The van der Waals surface area contributed by atoms with Gasteiger partial charge in [0.15, 0.2) is 5.67 Å². The Bertz CT molecular complexity index is 885. The summed E-state index contributed by atoms with van der Waals surface area (Å²) >= 11 is 0. The largest absolute Gasteiger partial charge is 0.494 e. The minimum atomic E-state index is -2.00. The van der Waals surface area contributed by atoms with E-state index in [1.807, 2.05) is 18.2 Å². The molecule has 1 aliphatic rings. The van der Waals surface area contributed by atoms with Crippen molar-refractivity contribution in [3.63, 3.8) is 0 Å². The predicted molar refractivity (Wildman–Crippen MR) is 132 cm³/mol. The molecule has 1 aromatic carbocycles. The van der Waals surface area contributed by atoms with E-state index in [2.05, 4.69) is 5.32 Å². The zero-order valence-corrected chi connectivity index (χ0v) is 21.3. The number of carboxylic acid groups (broad SMARTS) is 1. The van der Waals surface area contributed by atoms with Gasteiger partial charge in [-0.1, -0.05) is 24.6 Å². The van der Waals surface area contributed by atoms with Gasteiger partial charge in [0.1, 0.15) is 11.8 Å². The number of carboxylic acids is 1. The summed E-state index contributed by atoms with van der Waals surface area (Å²) in [6, 6.07) is 7.82. The van der Waals surface area contributed by atoms with Crippen molar-refractivity contribution in [1.29, 1.82) is 0 Å². The smallest absolute Gasteiger partial charge is 0.326 e. The highest BCUT2D eigenvalue weighted by molar-refractivity contribution is 5.88. The maximum atomic E-state index is 15.3. The number of nitrogens with zero attached hydrogens (tertiary/aromatic N) is 1. The van der Waals surface area contributed by atoms with E-state index < -0.39 is 36.7 Å². The fraction of sp³-hybridized carbons (Fsp3) is 0.615. The number of hydrogen-bond acceptors (Lipinski definition) is 7. The summed E-state index contributed by atoms with van der Waals surface area (Å²) in [6.07, 6.45) is 2.45. The van der Waals surface area contributed by atoms with Crippen LogP contribution < -0.4 is 10.1 Å².